The molecule has 0 aromatic rings. The third-order valence-corrected chi connectivity index (χ3v) is 3.24. The molecule has 0 radical (unpaired) electrons. The quantitative estimate of drug-likeness (QED) is 0.276. The number of hydrogen-bond acceptors (Lipinski definition) is 8. The Morgan fingerprint density at radius 3 is 2.35 bits per heavy atom. The second-order valence-electron chi connectivity index (χ2n) is 3.55. The monoisotopic (exact) mass is 264 g/mol. The number of carbonyl (C=O) groups is 3. The Bertz CT molecular complexity index is 401. The molecule has 0 aliphatic carbocycles. The van der Waals surface area contributed by atoms with E-state index in [2.05, 4.69) is 14.0 Å². The number of ether oxygens (including phenoxy) is 1. The van der Waals surface area contributed by atoms with Crippen LogP contribution in [0.2, 0.25) is 0 Å². The third kappa shape index (κ3) is 3.31. The van der Waals surface area contributed by atoms with Crippen LogP contribution < -0.4 is 0 Å². The van der Waals surface area contributed by atoms with Crippen LogP contribution in [0.1, 0.15) is 0 Å². The van der Waals surface area contributed by atoms with Crippen LogP contribution >= 0.6 is 7.14 Å². The van der Waals surface area contributed by atoms with Crippen molar-refractivity contribution < 1.29 is 37.6 Å². The predicted octanol–water partition coefficient (Wildman–Crippen LogP) is -0.790. The van der Waals surface area contributed by atoms with Gasteiger partial charge in [0.25, 0.3) is 0 Å². The smallest absolute Gasteiger partial charge is 0.471 e. The topological polar surface area (TPSA) is 105 Å². The molecule has 1 fully saturated rings. The molecular formula is C7H10BO8P. The van der Waals surface area contributed by atoms with Gasteiger partial charge in [-0.2, -0.15) is 0 Å². The van der Waals surface area contributed by atoms with E-state index >= 15 is 0 Å². The molecule has 0 spiro atoms. The molecule has 1 unspecified atom stereocenters. The molecule has 1 saturated heterocycles. The minimum absolute atomic E-state index is 0.902. The van der Waals surface area contributed by atoms with Crippen molar-refractivity contribution in [2.45, 2.75) is 5.85 Å². The summed E-state index contributed by atoms with van der Waals surface area (Å²) >= 11 is 0. The summed E-state index contributed by atoms with van der Waals surface area (Å²) in [6, 6.07) is 0. The maximum Gasteiger partial charge on any atom is 0.793 e. The van der Waals surface area contributed by atoms with Crippen molar-refractivity contribution in [1.82, 2.24) is 0 Å². The van der Waals surface area contributed by atoms with Crippen molar-refractivity contribution in [1.29, 1.82) is 0 Å². The van der Waals surface area contributed by atoms with Crippen LogP contribution in [0.15, 0.2) is 0 Å². The first-order valence-electron chi connectivity index (χ1n) is 4.45. The highest BCUT2D eigenvalue weighted by Crippen LogP contribution is 2.46. The largest absolute Gasteiger partial charge is 0.793 e. The Morgan fingerprint density at radius 1 is 1.35 bits per heavy atom. The molecule has 0 aromatic carbocycles. The Hall–Kier alpha value is -1.34. The van der Waals surface area contributed by atoms with Gasteiger partial charge in [-0.25, -0.2) is 9.59 Å². The minimum Gasteiger partial charge on any atom is -0.471 e. The molecule has 94 valence electrons. The fraction of sp³-hybridized carbons (Fsp3) is 0.571. The molecule has 0 bridgehead atoms. The van der Waals surface area contributed by atoms with Crippen molar-refractivity contribution in [3.63, 3.8) is 0 Å². The average Bonchev–Trinajstić information content (AvgIpc) is 2.57. The van der Waals surface area contributed by atoms with Gasteiger partial charge >= 0.3 is 25.2 Å². The van der Waals surface area contributed by atoms with E-state index in [9.17, 15) is 18.9 Å². The maximum atomic E-state index is 11.6. The van der Waals surface area contributed by atoms with Gasteiger partial charge in [0.1, 0.15) is 7.14 Å². The van der Waals surface area contributed by atoms with Crippen LogP contribution in [-0.2, 0) is 37.6 Å². The van der Waals surface area contributed by atoms with E-state index in [1.807, 2.05) is 0 Å². The Balaban J connectivity index is 2.62. The molecule has 0 N–H and O–H groups in total. The molecule has 1 atom stereocenters. The predicted molar refractivity (Wildman–Crippen MR) is 54.3 cm³/mol. The highest BCUT2D eigenvalue weighted by Gasteiger charge is 2.51. The lowest BCUT2D eigenvalue weighted by Gasteiger charge is -2.10. The van der Waals surface area contributed by atoms with E-state index in [0.717, 1.165) is 7.11 Å². The van der Waals surface area contributed by atoms with Crippen molar-refractivity contribution in [2.24, 2.45) is 0 Å². The van der Waals surface area contributed by atoms with E-state index < -0.39 is 38.2 Å². The molecular weight excluding hydrogens is 254 g/mol. The second-order valence-corrected chi connectivity index (χ2v) is 6.88. The number of carbonyl (C=O) groups excluding carboxylic acids is 3. The number of methoxy groups -OCH3 is 1. The number of rotatable bonds is 2. The summed E-state index contributed by atoms with van der Waals surface area (Å²) in [6.45, 7) is 2.65. The standard InChI is InChI=1S/C7H10BO8P/c1-13-4(9)5(10)14-8-15-6(11)7(16-8)17(2,3)12/h7H,1-3H3. The number of esters is 1. The van der Waals surface area contributed by atoms with Gasteiger partial charge in [-0.15, -0.1) is 0 Å². The summed E-state index contributed by atoms with van der Waals surface area (Å²) < 4.78 is 29.3. The lowest BCUT2D eigenvalue weighted by Crippen LogP contribution is -2.30. The Morgan fingerprint density at radius 2 is 1.94 bits per heavy atom. The molecule has 8 nitrogen and oxygen atoms in total. The zero-order chi connectivity index (χ0) is 13.2. The first kappa shape index (κ1) is 13.7. The van der Waals surface area contributed by atoms with Gasteiger partial charge < -0.3 is 23.3 Å². The van der Waals surface area contributed by atoms with E-state index in [-0.39, 0.29) is 0 Å². The lowest BCUT2D eigenvalue weighted by atomic mass is 10.2. The van der Waals surface area contributed by atoms with Gasteiger partial charge in [0, 0.05) is 0 Å². The van der Waals surface area contributed by atoms with E-state index in [0.29, 0.717) is 0 Å². The number of hydrogen-bond donors (Lipinski definition) is 0. The van der Waals surface area contributed by atoms with Crippen LogP contribution in [-0.4, -0.2) is 51.5 Å². The van der Waals surface area contributed by atoms with E-state index in [1.54, 1.807) is 0 Å². The van der Waals surface area contributed by atoms with Crippen LogP contribution in [0.4, 0.5) is 0 Å². The normalized spacial score (nSPS) is 19.8. The molecule has 17 heavy (non-hydrogen) atoms. The molecule has 1 heterocycles. The first-order chi connectivity index (χ1) is 7.75. The molecule has 1 aliphatic rings. The van der Waals surface area contributed by atoms with Crippen molar-refractivity contribution in [2.75, 3.05) is 20.4 Å². The zero-order valence-corrected chi connectivity index (χ0v) is 10.3. The summed E-state index contributed by atoms with van der Waals surface area (Å²) in [5.74, 6) is -4.82. The SMILES string of the molecule is COC(=O)C(=O)OB1OC(=O)C(P(C)(C)=O)O1. The maximum absolute atomic E-state index is 11.6. The fourth-order valence-electron chi connectivity index (χ4n) is 1.01. The van der Waals surface area contributed by atoms with Crippen LogP contribution in [0, 0.1) is 0 Å². The van der Waals surface area contributed by atoms with Crippen molar-refractivity contribution in [3.05, 3.63) is 0 Å². The second kappa shape index (κ2) is 4.89. The molecule has 1 rings (SSSR count). The third-order valence-electron chi connectivity index (χ3n) is 1.77. The first-order valence-corrected chi connectivity index (χ1v) is 7.12. The van der Waals surface area contributed by atoms with Crippen LogP contribution in [0.25, 0.3) is 0 Å². The van der Waals surface area contributed by atoms with Gasteiger partial charge in [-0.05, 0) is 13.3 Å². The van der Waals surface area contributed by atoms with Crippen molar-refractivity contribution >= 4 is 32.4 Å². The van der Waals surface area contributed by atoms with Gasteiger partial charge in [0.15, 0.2) is 5.85 Å². The van der Waals surface area contributed by atoms with Crippen LogP contribution in [0.3, 0.4) is 0 Å². The van der Waals surface area contributed by atoms with Gasteiger partial charge in [-0.3, -0.25) is 4.79 Å². The van der Waals surface area contributed by atoms with Gasteiger partial charge in [-0.1, -0.05) is 0 Å². The lowest BCUT2D eigenvalue weighted by molar-refractivity contribution is -0.161. The van der Waals surface area contributed by atoms with Gasteiger partial charge in [0.05, 0.1) is 7.11 Å². The molecule has 0 aromatic heterocycles. The van der Waals surface area contributed by atoms with E-state index in [1.165, 1.54) is 13.3 Å². The highest BCUT2D eigenvalue weighted by molar-refractivity contribution is 7.64. The summed E-state index contributed by atoms with van der Waals surface area (Å²) in [5.41, 5.74) is 0. The molecule has 1 aliphatic heterocycles. The van der Waals surface area contributed by atoms with Crippen LogP contribution in [0.5, 0.6) is 0 Å². The van der Waals surface area contributed by atoms with Crippen molar-refractivity contribution in [3.8, 4) is 0 Å². The van der Waals surface area contributed by atoms with Gasteiger partial charge in [0.2, 0.25) is 0 Å². The Kier molecular flexibility index (Phi) is 3.95. The molecule has 0 amide bonds. The Labute approximate surface area is 97.1 Å². The van der Waals surface area contributed by atoms with E-state index in [4.69, 9.17) is 4.65 Å². The fourth-order valence-corrected chi connectivity index (χ4v) is 1.97. The minimum atomic E-state index is -2.89. The highest BCUT2D eigenvalue weighted by atomic mass is 31.2. The summed E-state index contributed by atoms with van der Waals surface area (Å²) in [4.78, 5) is 32.9. The summed E-state index contributed by atoms with van der Waals surface area (Å²) in [7, 11) is -3.57. The average molecular weight is 264 g/mol. The summed E-state index contributed by atoms with van der Waals surface area (Å²) in [6.07, 6.45) is 0. The molecule has 0 saturated carbocycles. The molecule has 10 heteroatoms. The zero-order valence-electron chi connectivity index (χ0n) is 9.37. The summed E-state index contributed by atoms with van der Waals surface area (Å²) in [5, 5.41) is 0.